The van der Waals surface area contributed by atoms with E-state index >= 15 is 0 Å². The summed E-state index contributed by atoms with van der Waals surface area (Å²) in [6.45, 7) is 4.83. The molecule has 0 bridgehead atoms. The number of carbonyl (C=O) groups excluding carboxylic acids is 1. The van der Waals surface area contributed by atoms with E-state index in [-0.39, 0.29) is 18.0 Å². The van der Waals surface area contributed by atoms with Gasteiger partial charge in [-0.25, -0.2) is 0 Å². The summed E-state index contributed by atoms with van der Waals surface area (Å²) < 4.78 is 6.04. The molecular weight excluding hydrogens is 380 g/mol. The van der Waals surface area contributed by atoms with Crippen molar-refractivity contribution >= 4 is 5.97 Å². The molecule has 178 valence electrons. The second-order valence-corrected chi connectivity index (χ2v) is 12.4. The Labute approximate surface area is 192 Å². The summed E-state index contributed by atoms with van der Waals surface area (Å²) in [5.41, 5.74) is 0. The fourth-order valence-electron chi connectivity index (χ4n) is 7.47. The second-order valence-electron chi connectivity index (χ2n) is 12.4. The number of esters is 1. The molecule has 0 unspecified atom stereocenters. The molecule has 4 saturated carbocycles. The maximum atomic E-state index is 12.8. The van der Waals surface area contributed by atoms with Gasteiger partial charge < -0.3 is 4.74 Å². The molecule has 4 aliphatic rings. The summed E-state index contributed by atoms with van der Waals surface area (Å²) in [6.07, 6.45) is 24.2. The van der Waals surface area contributed by atoms with Gasteiger partial charge in [-0.15, -0.1) is 0 Å². The van der Waals surface area contributed by atoms with Gasteiger partial charge in [0.05, 0.1) is 5.92 Å². The Kier molecular flexibility index (Phi) is 8.80. The molecule has 2 nitrogen and oxygen atoms in total. The Morgan fingerprint density at radius 1 is 0.581 bits per heavy atom. The first-order valence-corrected chi connectivity index (χ1v) is 14.3. The number of carbonyl (C=O) groups is 1. The van der Waals surface area contributed by atoms with Gasteiger partial charge in [-0.2, -0.15) is 0 Å². The van der Waals surface area contributed by atoms with Gasteiger partial charge in [0, 0.05) is 0 Å². The van der Waals surface area contributed by atoms with Crippen LogP contribution < -0.4 is 0 Å². The maximum Gasteiger partial charge on any atom is 0.309 e. The van der Waals surface area contributed by atoms with Crippen molar-refractivity contribution in [3.8, 4) is 0 Å². The highest BCUT2D eigenvalue weighted by molar-refractivity contribution is 5.72. The monoisotopic (exact) mass is 430 g/mol. The molecule has 0 spiro atoms. The van der Waals surface area contributed by atoms with E-state index in [0.717, 1.165) is 61.2 Å². The van der Waals surface area contributed by atoms with E-state index in [0.29, 0.717) is 0 Å². The number of rotatable bonds is 6. The lowest BCUT2D eigenvalue weighted by Crippen LogP contribution is -2.32. The largest absolute Gasteiger partial charge is 0.462 e. The Hall–Kier alpha value is -0.530. The predicted octanol–water partition coefficient (Wildman–Crippen LogP) is 8.33. The van der Waals surface area contributed by atoms with Gasteiger partial charge in [0.15, 0.2) is 0 Å². The maximum absolute atomic E-state index is 12.8. The number of ether oxygens (including phenoxy) is 1. The van der Waals surface area contributed by atoms with Crippen LogP contribution in [0.25, 0.3) is 0 Å². The Balaban J connectivity index is 1.09. The molecule has 2 heteroatoms. The normalized spacial score (nSPS) is 42.1. The quantitative estimate of drug-likeness (QED) is 0.396. The fraction of sp³-hybridized carbons (Fsp3) is 0.966. The molecule has 0 saturated heterocycles. The number of hydrogen-bond donors (Lipinski definition) is 0. The lowest BCUT2D eigenvalue weighted by atomic mass is 9.69. The molecule has 0 radical (unpaired) electrons. The highest BCUT2D eigenvalue weighted by Crippen LogP contribution is 2.42. The van der Waals surface area contributed by atoms with Crippen LogP contribution in [-0.2, 0) is 9.53 Å². The van der Waals surface area contributed by atoms with Gasteiger partial charge in [0.1, 0.15) is 6.10 Å². The van der Waals surface area contributed by atoms with Crippen molar-refractivity contribution in [3.05, 3.63) is 0 Å². The highest BCUT2D eigenvalue weighted by atomic mass is 16.5. The third-order valence-electron chi connectivity index (χ3n) is 10.0. The molecule has 4 fully saturated rings. The zero-order valence-electron chi connectivity index (χ0n) is 20.7. The van der Waals surface area contributed by atoms with Crippen molar-refractivity contribution in [3.63, 3.8) is 0 Å². The molecule has 0 heterocycles. The van der Waals surface area contributed by atoms with Crippen molar-refractivity contribution in [2.75, 3.05) is 0 Å². The standard InChI is InChI=1S/C29H50O2/c1-21-3-7-23(8-4-21)9-10-24-11-19-28(20-12-24)31-29(30)27-17-15-26(16-18-27)25-13-5-22(2)6-14-25/h21-28H,3-20H2,1-2H3. The summed E-state index contributed by atoms with van der Waals surface area (Å²) in [6, 6.07) is 0. The first-order valence-electron chi connectivity index (χ1n) is 14.3. The Morgan fingerprint density at radius 2 is 1.00 bits per heavy atom. The van der Waals surface area contributed by atoms with Crippen LogP contribution in [0.4, 0.5) is 0 Å². The van der Waals surface area contributed by atoms with E-state index in [2.05, 4.69) is 13.8 Å². The lowest BCUT2D eigenvalue weighted by Gasteiger charge is -2.37. The topological polar surface area (TPSA) is 26.3 Å². The van der Waals surface area contributed by atoms with E-state index < -0.39 is 0 Å². The second kappa shape index (κ2) is 11.6. The minimum Gasteiger partial charge on any atom is -0.462 e. The van der Waals surface area contributed by atoms with Crippen molar-refractivity contribution in [1.29, 1.82) is 0 Å². The van der Waals surface area contributed by atoms with E-state index in [1.165, 1.54) is 89.9 Å². The van der Waals surface area contributed by atoms with Crippen LogP contribution in [0.15, 0.2) is 0 Å². The molecule has 0 aromatic rings. The first-order chi connectivity index (χ1) is 15.1. The predicted molar refractivity (Wildman–Crippen MR) is 129 cm³/mol. The molecule has 0 aliphatic heterocycles. The summed E-state index contributed by atoms with van der Waals surface area (Å²) in [5.74, 6) is 5.98. The zero-order chi connectivity index (χ0) is 21.6. The molecule has 4 aliphatic carbocycles. The van der Waals surface area contributed by atoms with Crippen LogP contribution in [0.3, 0.4) is 0 Å². The van der Waals surface area contributed by atoms with Gasteiger partial charge in [0.2, 0.25) is 0 Å². The SMILES string of the molecule is CC1CCC(CCC2CCC(OC(=O)C3CCC(C4CCC(C)CC4)CC3)CC2)CC1. The van der Waals surface area contributed by atoms with Crippen LogP contribution in [0.5, 0.6) is 0 Å². The van der Waals surface area contributed by atoms with Crippen LogP contribution in [0, 0.1) is 41.4 Å². The average Bonchev–Trinajstić information content (AvgIpc) is 2.80. The van der Waals surface area contributed by atoms with Crippen LogP contribution in [0.2, 0.25) is 0 Å². The van der Waals surface area contributed by atoms with Crippen molar-refractivity contribution in [1.82, 2.24) is 0 Å². The van der Waals surface area contributed by atoms with E-state index in [9.17, 15) is 4.79 Å². The molecule has 0 N–H and O–H groups in total. The third kappa shape index (κ3) is 6.97. The van der Waals surface area contributed by atoms with Gasteiger partial charge in [-0.05, 0) is 99.7 Å². The highest BCUT2D eigenvalue weighted by Gasteiger charge is 2.34. The Bertz CT molecular complexity index is 525. The van der Waals surface area contributed by atoms with Gasteiger partial charge in [0.25, 0.3) is 0 Å². The first kappa shape index (κ1) is 23.6. The van der Waals surface area contributed by atoms with Crippen molar-refractivity contribution in [2.45, 2.75) is 136 Å². The van der Waals surface area contributed by atoms with Gasteiger partial charge in [-0.3, -0.25) is 4.79 Å². The summed E-state index contributed by atoms with van der Waals surface area (Å²) in [5, 5.41) is 0. The summed E-state index contributed by atoms with van der Waals surface area (Å²) >= 11 is 0. The van der Waals surface area contributed by atoms with Crippen molar-refractivity contribution < 1.29 is 9.53 Å². The summed E-state index contributed by atoms with van der Waals surface area (Å²) in [7, 11) is 0. The molecule has 0 aromatic heterocycles. The van der Waals surface area contributed by atoms with Crippen LogP contribution >= 0.6 is 0 Å². The molecular formula is C29H50O2. The molecule has 31 heavy (non-hydrogen) atoms. The number of hydrogen-bond acceptors (Lipinski definition) is 2. The van der Waals surface area contributed by atoms with Crippen molar-refractivity contribution in [2.24, 2.45) is 41.4 Å². The fourth-order valence-corrected chi connectivity index (χ4v) is 7.47. The third-order valence-corrected chi connectivity index (χ3v) is 10.0. The minimum absolute atomic E-state index is 0.149. The molecule has 0 atom stereocenters. The molecule has 0 aromatic carbocycles. The lowest BCUT2D eigenvalue weighted by molar-refractivity contribution is -0.157. The zero-order valence-corrected chi connectivity index (χ0v) is 20.7. The van der Waals surface area contributed by atoms with E-state index in [1.807, 2.05) is 0 Å². The molecule has 4 rings (SSSR count). The minimum atomic E-state index is 0.149. The van der Waals surface area contributed by atoms with Gasteiger partial charge in [-0.1, -0.05) is 65.2 Å². The van der Waals surface area contributed by atoms with Crippen LogP contribution in [0.1, 0.15) is 129 Å². The van der Waals surface area contributed by atoms with Gasteiger partial charge >= 0.3 is 5.97 Å². The van der Waals surface area contributed by atoms with E-state index in [4.69, 9.17) is 4.74 Å². The molecule has 0 amide bonds. The Morgan fingerprint density at radius 3 is 1.52 bits per heavy atom. The van der Waals surface area contributed by atoms with E-state index in [1.54, 1.807) is 0 Å². The summed E-state index contributed by atoms with van der Waals surface area (Å²) in [4.78, 5) is 12.8. The smallest absolute Gasteiger partial charge is 0.309 e. The average molecular weight is 431 g/mol. The van der Waals surface area contributed by atoms with Crippen LogP contribution in [-0.4, -0.2) is 12.1 Å².